The molecular formula is C14H21N5O. The van der Waals surface area contributed by atoms with Crippen LogP contribution >= 0.6 is 0 Å². The average Bonchev–Trinajstić information content (AvgIpc) is 2.85. The highest BCUT2D eigenvalue weighted by Gasteiger charge is 2.24. The standard InChI is InChI=1S/C14H21N5O/c1-5-19-14(12(20-4)8-16-19)13(18-15)11-7-6-9(2)17-10(11)3/h6-8,13,18H,5,15H2,1-4H3. The lowest BCUT2D eigenvalue weighted by atomic mass is 10.0. The number of nitrogens with two attached hydrogens (primary N) is 1. The van der Waals surface area contributed by atoms with Crippen molar-refractivity contribution in [3.8, 4) is 5.75 Å². The number of hydrogen-bond donors (Lipinski definition) is 2. The van der Waals surface area contributed by atoms with Gasteiger partial charge in [0.1, 0.15) is 5.69 Å². The van der Waals surface area contributed by atoms with Crippen molar-refractivity contribution in [2.45, 2.75) is 33.4 Å². The van der Waals surface area contributed by atoms with Crippen LogP contribution in [0.4, 0.5) is 0 Å². The maximum Gasteiger partial charge on any atom is 0.161 e. The van der Waals surface area contributed by atoms with E-state index in [0.29, 0.717) is 0 Å². The predicted molar refractivity (Wildman–Crippen MR) is 77.3 cm³/mol. The van der Waals surface area contributed by atoms with Crippen molar-refractivity contribution in [3.05, 3.63) is 41.0 Å². The third-order valence-corrected chi connectivity index (χ3v) is 3.38. The highest BCUT2D eigenvalue weighted by molar-refractivity contribution is 5.38. The molecule has 0 radical (unpaired) electrons. The van der Waals surface area contributed by atoms with Crippen molar-refractivity contribution in [3.63, 3.8) is 0 Å². The maximum atomic E-state index is 5.78. The van der Waals surface area contributed by atoms with E-state index in [1.165, 1.54) is 0 Å². The molecule has 0 bridgehead atoms. The molecule has 2 rings (SSSR count). The molecule has 108 valence electrons. The molecule has 1 unspecified atom stereocenters. The largest absolute Gasteiger partial charge is 0.493 e. The number of methoxy groups -OCH3 is 1. The van der Waals surface area contributed by atoms with E-state index in [0.717, 1.165) is 34.9 Å². The second-order valence-electron chi connectivity index (χ2n) is 4.64. The fourth-order valence-electron chi connectivity index (χ4n) is 2.40. The quantitative estimate of drug-likeness (QED) is 0.638. The molecule has 0 saturated carbocycles. The van der Waals surface area contributed by atoms with Gasteiger partial charge in [-0.05, 0) is 32.4 Å². The Morgan fingerprint density at radius 1 is 1.40 bits per heavy atom. The summed E-state index contributed by atoms with van der Waals surface area (Å²) < 4.78 is 7.27. The molecule has 0 saturated heterocycles. The number of aryl methyl sites for hydroxylation is 3. The number of rotatable bonds is 5. The number of nitrogens with zero attached hydrogens (tertiary/aromatic N) is 3. The first-order valence-electron chi connectivity index (χ1n) is 6.62. The normalized spacial score (nSPS) is 12.4. The summed E-state index contributed by atoms with van der Waals surface area (Å²) >= 11 is 0. The van der Waals surface area contributed by atoms with Gasteiger partial charge in [-0.15, -0.1) is 0 Å². The van der Waals surface area contributed by atoms with E-state index in [1.807, 2.05) is 37.6 Å². The second kappa shape index (κ2) is 6.02. The van der Waals surface area contributed by atoms with Gasteiger partial charge in [0.05, 0.1) is 19.3 Å². The number of pyridine rings is 1. The average molecular weight is 275 g/mol. The van der Waals surface area contributed by atoms with Crippen LogP contribution in [0.3, 0.4) is 0 Å². The molecule has 0 spiro atoms. The molecule has 0 aromatic carbocycles. The summed E-state index contributed by atoms with van der Waals surface area (Å²) in [5.74, 6) is 6.49. The van der Waals surface area contributed by atoms with E-state index >= 15 is 0 Å². The Morgan fingerprint density at radius 3 is 2.70 bits per heavy atom. The Hall–Kier alpha value is -1.92. The highest BCUT2D eigenvalue weighted by Crippen LogP contribution is 2.30. The maximum absolute atomic E-state index is 5.78. The molecule has 1 atom stereocenters. The van der Waals surface area contributed by atoms with Gasteiger partial charge in [0.15, 0.2) is 5.75 Å². The van der Waals surface area contributed by atoms with E-state index in [2.05, 4.69) is 15.5 Å². The van der Waals surface area contributed by atoms with Crippen molar-refractivity contribution in [1.29, 1.82) is 0 Å². The number of hydrogen-bond acceptors (Lipinski definition) is 5. The van der Waals surface area contributed by atoms with E-state index in [4.69, 9.17) is 10.6 Å². The van der Waals surface area contributed by atoms with Gasteiger partial charge in [0, 0.05) is 17.9 Å². The molecule has 0 aliphatic heterocycles. The summed E-state index contributed by atoms with van der Waals surface area (Å²) in [6.07, 6.45) is 1.71. The zero-order chi connectivity index (χ0) is 14.7. The van der Waals surface area contributed by atoms with E-state index in [-0.39, 0.29) is 6.04 Å². The number of nitrogens with one attached hydrogen (secondary N) is 1. The van der Waals surface area contributed by atoms with Gasteiger partial charge in [-0.3, -0.25) is 15.5 Å². The van der Waals surface area contributed by atoms with Crippen molar-refractivity contribution >= 4 is 0 Å². The van der Waals surface area contributed by atoms with Crippen LogP contribution in [-0.4, -0.2) is 21.9 Å². The second-order valence-corrected chi connectivity index (χ2v) is 4.64. The fraction of sp³-hybridized carbons (Fsp3) is 0.429. The lowest BCUT2D eigenvalue weighted by Crippen LogP contribution is -2.31. The van der Waals surface area contributed by atoms with Gasteiger partial charge < -0.3 is 4.74 Å². The minimum absolute atomic E-state index is 0.208. The summed E-state index contributed by atoms with van der Waals surface area (Å²) in [6, 6.07) is 3.81. The summed E-state index contributed by atoms with van der Waals surface area (Å²) in [5.41, 5.74) is 6.71. The molecule has 2 aromatic heterocycles. The molecule has 0 amide bonds. The Bertz CT molecular complexity index is 572. The van der Waals surface area contributed by atoms with Gasteiger partial charge in [0.2, 0.25) is 0 Å². The molecule has 2 aromatic rings. The van der Waals surface area contributed by atoms with Crippen molar-refractivity contribution < 1.29 is 4.74 Å². The molecule has 0 aliphatic carbocycles. The fourth-order valence-corrected chi connectivity index (χ4v) is 2.40. The monoisotopic (exact) mass is 275 g/mol. The summed E-state index contributed by atoms with van der Waals surface area (Å²) in [4.78, 5) is 4.50. The van der Waals surface area contributed by atoms with Crippen LogP contribution in [0, 0.1) is 13.8 Å². The molecule has 0 aliphatic rings. The molecule has 0 fully saturated rings. The van der Waals surface area contributed by atoms with Crippen molar-refractivity contribution in [2.75, 3.05) is 7.11 Å². The topological polar surface area (TPSA) is 78.0 Å². The molecule has 3 N–H and O–H groups in total. The Morgan fingerprint density at radius 2 is 2.15 bits per heavy atom. The van der Waals surface area contributed by atoms with Crippen LogP contribution in [-0.2, 0) is 6.54 Å². The van der Waals surface area contributed by atoms with Crippen LogP contribution in [0.25, 0.3) is 0 Å². The van der Waals surface area contributed by atoms with Gasteiger partial charge >= 0.3 is 0 Å². The molecule has 6 heteroatoms. The third kappa shape index (κ3) is 2.52. The zero-order valence-electron chi connectivity index (χ0n) is 12.3. The van der Waals surface area contributed by atoms with Crippen LogP contribution < -0.4 is 16.0 Å². The highest BCUT2D eigenvalue weighted by atomic mass is 16.5. The van der Waals surface area contributed by atoms with Crippen LogP contribution in [0.2, 0.25) is 0 Å². The van der Waals surface area contributed by atoms with Crippen molar-refractivity contribution in [2.24, 2.45) is 5.84 Å². The van der Waals surface area contributed by atoms with Gasteiger partial charge in [-0.25, -0.2) is 5.43 Å². The van der Waals surface area contributed by atoms with E-state index in [1.54, 1.807) is 13.3 Å². The summed E-state index contributed by atoms with van der Waals surface area (Å²) in [7, 11) is 1.63. The SMILES string of the molecule is CCn1ncc(OC)c1C(NN)c1ccc(C)nc1C. The van der Waals surface area contributed by atoms with Crippen LogP contribution in [0.15, 0.2) is 18.3 Å². The van der Waals surface area contributed by atoms with Crippen molar-refractivity contribution in [1.82, 2.24) is 20.2 Å². The van der Waals surface area contributed by atoms with Gasteiger partial charge in [0.25, 0.3) is 0 Å². The molecule has 20 heavy (non-hydrogen) atoms. The lowest BCUT2D eigenvalue weighted by molar-refractivity contribution is 0.399. The minimum Gasteiger partial charge on any atom is -0.493 e. The lowest BCUT2D eigenvalue weighted by Gasteiger charge is -2.20. The van der Waals surface area contributed by atoms with Crippen LogP contribution in [0.5, 0.6) is 5.75 Å². The third-order valence-electron chi connectivity index (χ3n) is 3.38. The first-order chi connectivity index (χ1) is 9.62. The Balaban J connectivity index is 2.54. The molecule has 6 nitrogen and oxygen atoms in total. The first kappa shape index (κ1) is 14.5. The number of aromatic nitrogens is 3. The Labute approximate surface area is 118 Å². The number of ether oxygens (including phenoxy) is 1. The predicted octanol–water partition coefficient (Wildman–Crippen LogP) is 1.48. The molecule has 2 heterocycles. The first-order valence-corrected chi connectivity index (χ1v) is 6.62. The Kier molecular flexibility index (Phi) is 4.36. The number of hydrazine groups is 1. The zero-order valence-corrected chi connectivity index (χ0v) is 12.3. The van der Waals surface area contributed by atoms with Gasteiger partial charge in [-0.2, -0.15) is 5.10 Å². The minimum atomic E-state index is -0.208. The summed E-state index contributed by atoms with van der Waals surface area (Å²) in [5, 5.41) is 4.32. The van der Waals surface area contributed by atoms with Gasteiger partial charge in [-0.1, -0.05) is 6.07 Å². The molecular weight excluding hydrogens is 254 g/mol. The smallest absolute Gasteiger partial charge is 0.161 e. The summed E-state index contributed by atoms with van der Waals surface area (Å²) in [6.45, 7) is 6.73. The van der Waals surface area contributed by atoms with Crippen LogP contribution in [0.1, 0.15) is 35.6 Å². The van der Waals surface area contributed by atoms with E-state index < -0.39 is 0 Å². The van der Waals surface area contributed by atoms with E-state index in [9.17, 15) is 0 Å².